The smallest absolute Gasteiger partial charge is 0.306 e. The maximum Gasteiger partial charge on any atom is 0.306 e. The molecule has 0 aliphatic rings. The fourth-order valence-corrected chi connectivity index (χ4v) is 2.48. The van der Waals surface area contributed by atoms with Crippen LogP contribution in [-0.2, 0) is 16.0 Å². The van der Waals surface area contributed by atoms with Gasteiger partial charge in [0.2, 0.25) is 5.91 Å². The van der Waals surface area contributed by atoms with Crippen LogP contribution in [0, 0.1) is 9.49 Å². The maximum absolute atomic E-state index is 11.7. The van der Waals surface area contributed by atoms with Crippen molar-refractivity contribution < 1.29 is 14.7 Å². The molecule has 1 atom stereocenters. The molecular weight excluding hydrogens is 393 g/mol. The molecule has 1 aromatic rings. The first-order valence-electron chi connectivity index (χ1n) is 7.73. The molecule has 1 amide bonds. The third kappa shape index (κ3) is 8.36. The van der Waals surface area contributed by atoms with E-state index >= 15 is 0 Å². The predicted molar refractivity (Wildman–Crippen MR) is 95.8 cm³/mol. The normalized spacial score (nSPS) is 11.9. The predicted octanol–water partition coefficient (Wildman–Crippen LogP) is 3.62. The van der Waals surface area contributed by atoms with Crippen LogP contribution >= 0.6 is 22.6 Å². The quantitative estimate of drug-likeness (QED) is 0.452. The van der Waals surface area contributed by atoms with E-state index in [1.807, 2.05) is 0 Å². The van der Waals surface area contributed by atoms with Gasteiger partial charge in [-0.15, -0.1) is 0 Å². The summed E-state index contributed by atoms with van der Waals surface area (Å²) in [5.41, 5.74) is 1.26. The number of halogens is 1. The Morgan fingerprint density at radius 2 is 1.86 bits per heavy atom. The van der Waals surface area contributed by atoms with Crippen molar-refractivity contribution in [2.24, 2.45) is 5.92 Å². The molecule has 22 heavy (non-hydrogen) atoms. The van der Waals surface area contributed by atoms with Crippen molar-refractivity contribution in [3.05, 3.63) is 33.4 Å². The summed E-state index contributed by atoms with van der Waals surface area (Å²) in [5, 5.41) is 11.7. The van der Waals surface area contributed by atoms with Gasteiger partial charge in [-0.25, -0.2) is 0 Å². The number of unbranched alkanes of at least 4 members (excludes halogenated alkanes) is 1. The summed E-state index contributed by atoms with van der Waals surface area (Å²) in [6.07, 6.45) is 4.63. The van der Waals surface area contributed by atoms with Gasteiger partial charge in [-0.3, -0.25) is 9.59 Å². The fourth-order valence-electron chi connectivity index (χ4n) is 2.12. The van der Waals surface area contributed by atoms with Crippen LogP contribution < -0.4 is 5.32 Å². The average Bonchev–Trinajstić information content (AvgIpc) is 2.48. The van der Waals surface area contributed by atoms with E-state index in [4.69, 9.17) is 5.11 Å². The first kappa shape index (κ1) is 18.9. The van der Waals surface area contributed by atoms with Gasteiger partial charge in [-0.2, -0.15) is 0 Å². The lowest BCUT2D eigenvalue weighted by molar-refractivity contribution is -0.141. The molecule has 0 radical (unpaired) electrons. The standard InChI is InChI=1S/C17H24INO3/c1-13(17(21)22)5-2-3-12-19-16(20)7-4-6-14-8-10-15(18)11-9-14/h8-11,13H,2-7,12H2,1H3,(H,19,20)(H,21,22). The van der Waals surface area contributed by atoms with Gasteiger partial charge in [0.15, 0.2) is 0 Å². The van der Waals surface area contributed by atoms with E-state index in [9.17, 15) is 9.59 Å². The summed E-state index contributed by atoms with van der Waals surface area (Å²) in [7, 11) is 0. The molecule has 122 valence electrons. The summed E-state index contributed by atoms with van der Waals surface area (Å²) in [5.74, 6) is -0.971. The molecule has 0 fully saturated rings. The third-order valence-corrected chi connectivity index (χ3v) is 4.31. The monoisotopic (exact) mass is 417 g/mol. The number of carbonyl (C=O) groups is 2. The SMILES string of the molecule is CC(CCCCNC(=O)CCCc1ccc(I)cc1)C(=O)O. The second-order valence-electron chi connectivity index (χ2n) is 5.57. The van der Waals surface area contributed by atoms with Crippen LogP contribution in [0.3, 0.4) is 0 Å². The summed E-state index contributed by atoms with van der Waals surface area (Å²) in [4.78, 5) is 22.3. The van der Waals surface area contributed by atoms with Gasteiger partial charge in [0, 0.05) is 16.5 Å². The maximum atomic E-state index is 11.7. The average molecular weight is 417 g/mol. The van der Waals surface area contributed by atoms with Gasteiger partial charge >= 0.3 is 5.97 Å². The van der Waals surface area contributed by atoms with Gasteiger partial charge in [0.05, 0.1) is 5.92 Å². The molecule has 1 rings (SSSR count). The summed E-state index contributed by atoms with van der Waals surface area (Å²) >= 11 is 2.28. The van der Waals surface area contributed by atoms with E-state index in [-0.39, 0.29) is 11.8 Å². The number of benzene rings is 1. The van der Waals surface area contributed by atoms with E-state index < -0.39 is 5.97 Å². The molecule has 0 bridgehead atoms. The zero-order valence-electron chi connectivity index (χ0n) is 13.0. The van der Waals surface area contributed by atoms with Gasteiger partial charge in [-0.1, -0.05) is 25.5 Å². The van der Waals surface area contributed by atoms with Crippen molar-refractivity contribution in [3.63, 3.8) is 0 Å². The van der Waals surface area contributed by atoms with Gasteiger partial charge in [0.25, 0.3) is 0 Å². The highest BCUT2D eigenvalue weighted by atomic mass is 127. The van der Waals surface area contributed by atoms with Crippen LogP contribution in [0.5, 0.6) is 0 Å². The lowest BCUT2D eigenvalue weighted by Crippen LogP contribution is -2.24. The Bertz CT molecular complexity index is 473. The molecule has 1 unspecified atom stereocenters. The molecule has 0 heterocycles. The Hall–Kier alpha value is -1.11. The number of hydrogen-bond acceptors (Lipinski definition) is 2. The van der Waals surface area contributed by atoms with E-state index in [0.717, 1.165) is 25.7 Å². The molecule has 0 saturated heterocycles. The highest BCUT2D eigenvalue weighted by Gasteiger charge is 2.09. The Kier molecular flexibility index (Phi) is 9.11. The molecule has 0 aromatic heterocycles. The van der Waals surface area contributed by atoms with Gasteiger partial charge in [0.1, 0.15) is 0 Å². The van der Waals surface area contributed by atoms with E-state index in [2.05, 4.69) is 52.2 Å². The fraction of sp³-hybridized carbons (Fsp3) is 0.529. The summed E-state index contributed by atoms with van der Waals surface area (Å²) in [6.45, 7) is 2.35. The van der Waals surface area contributed by atoms with Gasteiger partial charge in [-0.05, 0) is 66.0 Å². The third-order valence-electron chi connectivity index (χ3n) is 3.59. The Morgan fingerprint density at radius 1 is 1.18 bits per heavy atom. The number of rotatable bonds is 10. The second kappa shape index (κ2) is 10.6. The number of nitrogens with one attached hydrogen (secondary N) is 1. The van der Waals surface area contributed by atoms with Crippen molar-refractivity contribution in [1.82, 2.24) is 5.32 Å². The molecule has 0 spiro atoms. The zero-order chi connectivity index (χ0) is 16.4. The minimum Gasteiger partial charge on any atom is -0.481 e. The number of carbonyl (C=O) groups excluding carboxylic acids is 1. The van der Waals surface area contributed by atoms with Crippen LogP contribution in [0.25, 0.3) is 0 Å². The van der Waals surface area contributed by atoms with Crippen molar-refractivity contribution in [3.8, 4) is 0 Å². The summed E-state index contributed by atoms with van der Waals surface area (Å²) in [6, 6.07) is 8.36. The van der Waals surface area contributed by atoms with E-state index in [1.165, 1.54) is 9.13 Å². The molecule has 4 nitrogen and oxygen atoms in total. The number of aryl methyl sites for hydroxylation is 1. The van der Waals surface area contributed by atoms with E-state index in [1.54, 1.807) is 6.92 Å². The largest absolute Gasteiger partial charge is 0.481 e. The van der Waals surface area contributed by atoms with Gasteiger partial charge < -0.3 is 10.4 Å². The van der Waals surface area contributed by atoms with Crippen molar-refractivity contribution in [2.45, 2.75) is 45.4 Å². The number of carboxylic acids is 1. The minimum atomic E-state index is -0.750. The van der Waals surface area contributed by atoms with Crippen LogP contribution in [-0.4, -0.2) is 23.5 Å². The van der Waals surface area contributed by atoms with Crippen LogP contribution in [0.2, 0.25) is 0 Å². The number of amides is 1. The first-order chi connectivity index (χ1) is 10.5. The Balaban J connectivity index is 2.04. The topological polar surface area (TPSA) is 66.4 Å². The number of carboxylic acid groups (broad SMARTS) is 1. The highest BCUT2D eigenvalue weighted by Crippen LogP contribution is 2.10. The zero-order valence-corrected chi connectivity index (χ0v) is 15.1. The van der Waals surface area contributed by atoms with Crippen LogP contribution in [0.1, 0.15) is 44.6 Å². The van der Waals surface area contributed by atoms with Crippen molar-refractivity contribution in [1.29, 1.82) is 0 Å². The molecular formula is C17H24INO3. The van der Waals surface area contributed by atoms with Crippen molar-refractivity contribution in [2.75, 3.05) is 6.54 Å². The highest BCUT2D eigenvalue weighted by molar-refractivity contribution is 14.1. The molecule has 0 aliphatic heterocycles. The first-order valence-corrected chi connectivity index (χ1v) is 8.81. The van der Waals surface area contributed by atoms with Crippen LogP contribution in [0.15, 0.2) is 24.3 Å². The lowest BCUT2D eigenvalue weighted by atomic mass is 10.0. The second-order valence-corrected chi connectivity index (χ2v) is 6.81. The Labute approximate surface area is 145 Å². The molecule has 5 heteroatoms. The minimum absolute atomic E-state index is 0.0804. The van der Waals surface area contributed by atoms with Crippen molar-refractivity contribution >= 4 is 34.5 Å². The number of hydrogen-bond donors (Lipinski definition) is 2. The molecule has 2 N–H and O–H groups in total. The molecule has 0 saturated carbocycles. The Morgan fingerprint density at radius 3 is 2.50 bits per heavy atom. The molecule has 0 aliphatic carbocycles. The number of aliphatic carboxylic acids is 1. The summed E-state index contributed by atoms with van der Waals surface area (Å²) < 4.78 is 1.22. The molecule has 1 aromatic carbocycles. The van der Waals surface area contributed by atoms with Crippen LogP contribution in [0.4, 0.5) is 0 Å². The lowest BCUT2D eigenvalue weighted by Gasteiger charge is -2.07. The van der Waals surface area contributed by atoms with E-state index in [0.29, 0.717) is 19.4 Å².